The van der Waals surface area contributed by atoms with E-state index in [1.54, 1.807) is 0 Å². The van der Waals surface area contributed by atoms with Gasteiger partial charge in [-0.05, 0) is 49.0 Å². The van der Waals surface area contributed by atoms with E-state index in [1.165, 1.54) is 11.1 Å². The molecule has 2 nitrogen and oxygen atoms in total. The third kappa shape index (κ3) is 2.06. The smallest absolute Gasteiger partial charge is 0.155 e. The summed E-state index contributed by atoms with van der Waals surface area (Å²) < 4.78 is 0. The van der Waals surface area contributed by atoms with Crippen molar-refractivity contribution < 1.29 is 9.59 Å². The van der Waals surface area contributed by atoms with E-state index in [2.05, 4.69) is 26.8 Å². The number of Topliss-reactive ketones (excluding diaryl/α,β-unsaturated/α-hetero) is 1. The highest BCUT2D eigenvalue weighted by Crippen LogP contribution is 2.59. The highest BCUT2D eigenvalue weighted by molar-refractivity contribution is 5.92. The van der Waals surface area contributed by atoms with Crippen LogP contribution in [-0.4, -0.2) is 11.6 Å². The largest absolute Gasteiger partial charge is 0.299 e. The molecule has 0 aromatic heterocycles. The molecule has 1 fully saturated rings. The summed E-state index contributed by atoms with van der Waals surface area (Å²) in [6.07, 6.45) is 9.51. The van der Waals surface area contributed by atoms with Crippen LogP contribution in [-0.2, 0) is 9.59 Å². The standard InChI is InChI=1S/C20H28O2/c1-5-18(22)19(3)11-9-17-16(13(19)2)7-6-14-12-15(21)8-10-20(14,17)4/h7,12-13,17H,5-6,8-11H2,1-4H3. The number of allylic oxidation sites excluding steroid dienone is 4. The molecule has 3 rings (SSSR count). The third-order valence-corrected chi connectivity index (χ3v) is 7.05. The molecule has 0 spiro atoms. The van der Waals surface area contributed by atoms with E-state index in [9.17, 15) is 9.59 Å². The van der Waals surface area contributed by atoms with Gasteiger partial charge in [-0.15, -0.1) is 0 Å². The van der Waals surface area contributed by atoms with Gasteiger partial charge in [-0.2, -0.15) is 0 Å². The van der Waals surface area contributed by atoms with Crippen molar-refractivity contribution in [3.05, 3.63) is 23.3 Å². The number of rotatable bonds is 2. The van der Waals surface area contributed by atoms with Crippen LogP contribution in [0, 0.1) is 22.7 Å². The number of fused-ring (bicyclic) bond motifs is 3. The average molecular weight is 300 g/mol. The summed E-state index contributed by atoms with van der Waals surface area (Å²) in [4.78, 5) is 24.3. The lowest BCUT2D eigenvalue weighted by atomic mass is 9.50. The summed E-state index contributed by atoms with van der Waals surface area (Å²) in [6.45, 7) is 8.74. The Morgan fingerprint density at radius 3 is 2.73 bits per heavy atom. The zero-order valence-electron chi connectivity index (χ0n) is 14.4. The fourth-order valence-corrected chi connectivity index (χ4v) is 5.18. The number of carbonyl (C=O) groups is 2. The van der Waals surface area contributed by atoms with Gasteiger partial charge in [0.25, 0.3) is 0 Å². The Balaban J connectivity index is 1.99. The van der Waals surface area contributed by atoms with Gasteiger partial charge in [-0.25, -0.2) is 0 Å². The van der Waals surface area contributed by atoms with Crippen LogP contribution in [0.15, 0.2) is 23.3 Å². The number of hydrogen-bond acceptors (Lipinski definition) is 2. The maximum atomic E-state index is 12.5. The van der Waals surface area contributed by atoms with Crippen LogP contribution in [0.5, 0.6) is 0 Å². The lowest BCUT2D eigenvalue weighted by molar-refractivity contribution is -0.131. The molecule has 22 heavy (non-hydrogen) atoms. The Bertz CT molecular complexity index is 583. The predicted octanol–water partition coefficient (Wildman–Crippen LogP) is 4.64. The molecule has 0 saturated heterocycles. The molecule has 4 unspecified atom stereocenters. The second-order valence-electron chi connectivity index (χ2n) is 7.97. The van der Waals surface area contributed by atoms with Crippen molar-refractivity contribution in [2.75, 3.05) is 0 Å². The summed E-state index contributed by atoms with van der Waals surface area (Å²) in [5, 5.41) is 0. The first kappa shape index (κ1) is 15.7. The molecule has 120 valence electrons. The van der Waals surface area contributed by atoms with Crippen molar-refractivity contribution in [2.24, 2.45) is 22.7 Å². The summed E-state index contributed by atoms with van der Waals surface area (Å²) in [7, 11) is 0. The number of hydrogen-bond donors (Lipinski definition) is 0. The van der Waals surface area contributed by atoms with Crippen LogP contribution in [0.25, 0.3) is 0 Å². The Labute approximate surface area is 134 Å². The van der Waals surface area contributed by atoms with E-state index < -0.39 is 0 Å². The number of carbonyl (C=O) groups excluding carboxylic acids is 2. The van der Waals surface area contributed by atoms with Gasteiger partial charge in [0.15, 0.2) is 5.78 Å². The van der Waals surface area contributed by atoms with Gasteiger partial charge in [-0.1, -0.05) is 44.9 Å². The minimum atomic E-state index is -0.195. The molecule has 3 aliphatic carbocycles. The number of ketones is 2. The maximum absolute atomic E-state index is 12.5. The molecule has 1 saturated carbocycles. The molecule has 0 aromatic carbocycles. The highest BCUT2D eigenvalue weighted by atomic mass is 16.1. The SMILES string of the molecule is CCC(=O)C1(C)CCC2C(=CCC3=CC(=O)CCC32C)C1C. The molecule has 0 aromatic rings. The normalized spacial score (nSPS) is 41.2. The topological polar surface area (TPSA) is 34.1 Å². The lowest BCUT2D eigenvalue weighted by Gasteiger charge is -2.53. The molecule has 0 radical (unpaired) electrons. The molecule has 2 heteroatoms. The molecule has 0 heterocycles. The van der Waals surface area contributed by atoms with Crippen molar-refractivity contribution in [1.82, 2.24) is 0 Å². The van der Waals surface area contributed by atoms with Crippen molar-refractivity contribution >= 4 is 11.6 Å². The zero-order chi connectivity index (χ0) is 16.1. The van der Waals surface area contributed by atoms with E-state index >= 15 is 0 Å². The molecule has 3 aliphatic rings. The van der Waals surface area contributed by atoms with Gasteiger partial charge in [0, 0.05) is 18.3 Å². The first-order valence-corrected chi connectivity index (χ1v) is 8.80. The fourth-order valence-electron chi connectivity index (χ4n) is 5.18. The van der Waals surface area contributed by atoms with Crippen LogP contribution in [0.2, 0.25) is 0 Å². The first-order chi connectivity index (χ1) is 10.3. The summed E-state index contributed by atoms with van der Waals surface area (Å²) in [6, 6.07) is 0. The van der Waals surface area contributed by atoms with Gasteiger partial charge in [-0.3, -0.25) is 9.59 Å². The van der Waals surface area contributed by atoms with Gasteiger partial charge < -0.3 is 0 Å². The van der Waals surface area contributed by atoms with E-state index in [0.717, 1.165) is 25.7 Å². The first-order valence-electron chi connectivity index (χ1n) is 8.80. The van der Waals surface area contributed by atoms with Crippen LogP contribution in [0.1, 0.15) is 66.2 Å². The van der Waals surface area contributed by atoms with Crippen molar-refractivity contribution in [2.45, 2.75) is 66.2 Å². The monoisotopic (exact) mass is 300 g/mol. The summed E-state index contributed by atoms with van der Waals surface area (Å²) >= 11 is 0. The molecule has 0 amide bonds. The molecular formula is C20H28O2. The average Bonchev–Trinajstić information content (AvgIpc) is 2.50. The van der Waals surface area contributed by atoms with E-state index in [4.69, 9.17) is 0 Å². The summed E-state index contributed by atoms with van der Waals surface area (Å²) in [5.41, 5.74) is 2.77. The maximum Gasteiger partial charge on any atom is 0.155 e. The van der Waals surface area contributed by atoms with Crippen LogP contribution >= 0.6 is 0 Å². The van der Waals surface area contributed by atoms with Crippen molar-refractivity contribution in [1.29, 1.82) is 0 Å². The van der Waals surface area contributed by atoms with E-state index in [1.807, 2.05) is 13.0 Å². The van der Waals surface area contributed by atoms with Gasteiger partial charge in [0.1, 0.15) is 5.78 Å². The van der Waals surface area contributed by atoms with Gasteiger partial charge in [0.2, 0.25) is 0 Å². The van der Waals surface area contributed by atoms with Crippen LogP contribution in [0.3, 0.4) is 0 Å². The Morgan fingerprint density at radius 2 is 2.05 bits per heavy atom. The Morgan fingerprint density at radius 1 is 1.32 bits per heavy atom. The molecule has 0 N–H and O–H groups in total. The van der Waals surface area contributed by atoms with Crippen LogP contribution in [0.4, 0.5) is 0 Å². The molecule has 0 aliphatic heterocycles. The quantitative estimate of drug-likeness (QED) is 0.696. The highest BCUT2D eigenvalue weighted by Gasteiger charge is 2.52. The Hall–Kier alpha value is -1.18. The zero-order valence-corrected chi connectivity index (χ0v) is 14.4. The molecule has 0 bridgehead atoms. The van der Waals surface area contributed by atoms with Crippen molar-refractivity contribution in [3.8, 4) is 0 Å². The third-order valence-electron chi connectivity index (χ3n) is 7.05. The minimum absolute atomic E-state index is 0.142. The Kier molecular flexibility index (Phi) is 3.70. The summed E-state index contributed by atoms with van der Waals surface area (Å²) in [5.74, 6) is 1.55. The van der Waals surface area contributed by atoms with Gasteiger partial charge in [0.05, 0.1) is 0 Å². The fraction of sp³-hybridized carbons (Fsp3) is 0.700. The van der Waals surface area contributed by atoms with Gasteiger partial charge >= 0.3 is 0 Å². The van der Waals surface area contributed by atoms with Crippen LogP contribution < -0.4 is 0 Å². The molecule has 4 atom stereocenters. The van der Waals surface area contributed by atoms with E-state index in [0.29, 0.717) is 36.2 Å². The van der Waals surface area contributed by atoms with Crippen molar-refractivity contribution in [3.63, 3.8) is 0 Å². The van der Waals surface area contributed by atoms with E-state index in [-0.39, 0.29) is 10.8 Å². The molecular weight excluding hydrogens is 272 g/mol. The lowest BCUT2D eigenvalue weighted by Crippen LogP contribution is -2.47. The predicted molar refractivity (Wildman–Crippen MR) is 88.4 cm³/mol. The minimum Gasteiger partial charge on any atom is -0.299 e. The second kappa shape index (κ2) is 5.18. The second-order valence-corrected chi connectivity index (χ2v) is 7.97.